The standard InChI is InChI=1S/C26H27N3O6S/c1-2-3-17-34-22-15-11-21(12-16-22)26(31)35-23-13-9-20(10-14-23)18-27-29-25(30)19-28-36(32,33)24-7-5-4-6-8-24/h4-16,18,28H,2-3,17,19H2,1H3,(H,29,30)/b27-18-. The van der Waals surface area contributed by atoms with E-state index in [-0.39, 0.29) is 4.90 Å². The molecule has 3 aromatic carbocycles. The fourth-order valence-corrected chi connectivity index (χ4v) is 3.87. The quantitative estimate of drug-likeness (QED) is 0.127. The first-order valence-corrected chi connectivity index (χ1v) is 12.8. The van der Waals surface area contributed by atoms with Crippen molar-refractivity contribution in [3.8, 4) is 11.5 Å². The Morgan fingerprint density at radius 3 is 2.25 bits per heavy atom. The summed E-state index contributed by atoms with van der Waals surface area (Å²) in [5, 5.41) is 3.81. The van der Waals surface area contributed by atoms with Gasteiger partial charge in [0.05, 0.1) is 29.8 Å². The lowest BCUT2D eigenvalue weighted by atomic mass is 10.2. The van der Waals surface area contributed by atoms with Crippen molar-refractivity contribution in [2.45, 2.75) is 24.7 Å². The minimum absolute atomic E-state index is 0.0653. The third-order valence-corrected chi connectivity index (χ3v) is 6.24. The molecule has 0 spiro atoms. The molecular weight excluding hydrogens is 482 g/mol. The maximum Gasteiger partial charge on any atom is 0.343 e. The molecule has 0 radical (unpaired) electrons. The minimum atomic E-state index is -3.79. The van der Waals surface area contributed by atoms with Crippen molar-refractivity contribution in [2.24, 2.45) is 5.10 Å². The van der Waals surface area contributed by atoms with Crippen LogP contribution in [0.2, 0.25) is 0 Å². The van der Waals surface area contributed by atoms with E-state index in [1.807, 2.05) is 0 Å². The van der Waals surface area contributed by atoms with E-state index in [2.05, 4.69) is 22.2 Å². The number of hydrogen-bond acceptors (Lipinski definition) is 7. The van der Waals surface area contributed by atoms with Gasteiger partial charge >= 0.3 is 5.97 Å². The largest absolute Gasteiger partial charge is 0.494 e. The zero-order chi connectivity index (χ0) is 25.8. The molecule has 0 atom stereocenters. The monoisotopic (exact) mass is 509 g/mol. The van der Waals surface area contributed by atoms with Crippen LogP contribution in [0.25, 0.3) is 0 Å². The van der Waals surface area contributed by atoms with Crippen LogP contribution in [-0.2, 0) is 14.8 Å². The van der Waals surface area contributed by atoms with Crippen LogP contribution in [0.5, 0.6) is 11.5 Å². The summed E-state index contributed by atoms with van der Waals surface area (Å²) in [6.07, 6.45) is 3.39. The van der Waals surface area contributed by atoms with Crippen LogP contribution in [0.4, 0.5) is 0 Å². The Kier molecular flexibility index (Phi) is 9.73. The number of carbonyl (C=O) groups is 2. The molecule has 3 aromatic rings. The van der Waals surface area contributed by atoms with Crippen molar-refractivity contribution in [3.63, 3.8) is 0 Å². The number of rotatable bonds is 12. The fraction of sp³-hybridized carbons (Fsp3) is 0.192. The Labute approximate surface area is 210 Å². The smallest absolute Gasteiger partial charge is 0.343 e. The second-order valence-electron chi connectivity index (χ2n) is 7.62. The van der Waals surface area contributed by atoms with Crippen molar-refractivity contribution in [2.75, 3.05) is 13.2 Å². The molecule has 0 aliphatic heterocycles. The molecule has 0 aromatic heterocycles. The lowest BCUT2D eigenvalue weighted by Crippen LogP contribution is -2.34. The fourth-order valence-electron chi connectivity index (χ4n) is 2.87. The summed E-state index contributed by atoms with van der Waals surface area (Å²) in [5.41, 5.74) is 3.28. The molecule has 10 heteroatoms. The topological polar surface area (TPSA) is 123 Å². The van der Waals surface area contributed by atoms with Gasteiger partial charge in [-0.1, -0.05) is 31.5 Å². The molecule has 0 bridgehead atoms. The van der Waals surface area contributed by atoms with Crippen LogP contribution < -0.4 is 19.6 Å². The van der Waals surface area contributed by atoms with E-state index in [0.29, 0.717) is 29.2 Å². The van der Waals surface area contributed by atoms with Crippen LogP contribution in [0.15, 0.2) is 88.9 Å². The normalized spacial score (nSPS) is 11.2. The first-order valence-electron chi connectivity index (χ1n) is 11.3. The Morgan fingerprint density at radius 1 is 0.917 bits per heavy atom. The molecule has 0 aliphatic carbocycles. The van der Waals surface area contributed by atoms with Gasteiger partial charge in [0, 0.05) is 0 Å². The van der Waals surface area contributed by atoms with Gasteiger partial charge in [-0.3, -0.25) is 4.79 Å². The lowest BCUT2D eigenvalue weighted by Gasteiger charge is -2.07. The van der Waals surface area contributed by atoms with Crippen LogP contribution in [-0.4, -0.2) is 39.7 Å². The van der Waals surface area contributed by atoms with Crippen molar-refractivity contribution in [1.29, 1.82) is 0 Å². The molecule has 36 heavy (non-hydrogen) atoms. The van der Waals surface area contributed by atoms with Crippen molar-refractivity contribution >= 4 is 28.1 Å². The summed E-state index contributed by atoms with van der Waals surface area (Å²) in [5.74, 6) is -0.0797. The molecule has 0 fully saturated rings. The Balaban J connectivity index is 1.44. The van der Waals surface area contributed by atoms with Gasteiger partial charge in [0.15, 0.2) is 0 Å². The van der Waals surface area contributed by atoms with Crippen LogP contribution in [0, 0.1) is 0 Å². The Bertz CT molecular complexity index is 1280. The van der Waals surface area contributed by atoms with Crippen LogP contribution in [0.3, 0.4) is 0 Å². The van der Waals surface area contributed by atoms with Gasteiger partial charge in [0.1, 0.15) is 11.5 Å². The number of benzene rings is 3. The molecule has 3 rings (SSSR count). The number of carbonyl (C=O) groups excluding carboxylic acids is 2. The molecule has 0 saturated heterocycles. The second-order valence-corrected chi connectivity index (χ2v) is 9.38. The van der Waals surface area contributed by atoms with Gasteiger partial charge in [0.2, 0.25) is 10.0 Å². The third-order valence-electron chi connectivity index (χ3n) is 4.83. The number of esters is 1. The number of ether oxygens (including phenoxy) is 2. The summed E-state index contributed by atoms with van der Waals surface area (Å²) in [6.45, 7) is 2.25. The molecule has 0 saturated carbocycles. The van der Waals surface area contributed by atoms with Crippen molar-refractivity contribution < 1.29 is 27.5 Å². The Hall–Kier alpha value is -4.02. The SMILES string of the molecule is CCCCOc1ccc(C(=O)Oc2ccc(/C=N\NC(=O)CNS(=O)(=O)c3ccccc3)cc2)cc1. The van der Waals surface area contributed by atoms with E-state index < -0.39 is 28.4 Å². The number of nitrogens with one attached hydrogen (secondary N) is 2. The van der Waals surface area contributed by atoms with Gasteiger partial charge in [-0.15, -0.1) is 0 Å². The third kappa shape index (κ3) is 8.33. The first-order chi connectivity index (χ1) is 17.4. The zero-order valence-electron chi connectivity index (χ0n) is 19.7. The summed E-state index contributed by atoms with van der Waals surface area (Å²) >= 11 is 0. The first kappa shape index (κ1) is 26.6. The van der Waals surface area contributed by atoms with E-state index in [0.717, 1.165) is 12.8 Å². The lowest BCUT2D eigenvalue weighted by molar-refractivity contribution is -0.119. The highest BCUT2D eigenvalue weighted by molar-refractivity contribution is 7.89. The van der Waals surface area contributed by atoms with Gasteiger partial charge in [-0.2, -0.15) is 5.10 Å². The molecule has 1 amide bonds. The van der Waals surface area contributed by atoms with Crippen molar-refractivity contribution in [1.82, 2.24) is 10.1 Å². The average molecular weight is 510 g/mol. The summed E-state index contributed by atoms with van der Waals surface area (Å²) < 4.78 is 37.4. The van der Waals surface area contributed by atoms with Gasteiger partial charge in [-0.25, -0.2) is 23.4 Å². The Morgan fingerprint density at radius 2 is 1.58 bits per heavy atom. The molecule has 9 nitrogen and oxygen atoms in total. The van der Waals surface area contributed by atoms with Gasteiger partial charge < -0.3 is 9.47 Å². The number of sulfonamides is 1. The van der Waals surface area contributed by atoms with Crippen molar-refractivity contribution in [3.05, 3.63) is 90.0 Å². The van der Waals surface area contributed by atoms with Gasteiger partial charge in [0.25, 0.3) is 5.91 Å². The maximum atomic E-state index is 12.4. The van der Waals surface area contributed by atoms with E-state index in [9.17, 15) is 18.0 Å². The predicted octanol–water partition coefficient (Wildman–Crippen LogP) is 3.51. The second kappa shape index (κ2) is 13.2. The van der Waals surface area contributed by atoms with E-state index in [4.69, 9.17) is 9.47 Å². The van der Waals surface area contributed by atoms with Crippen LogP contribution >= 0.6 is 0 Å². The molecule has 188 valence electrons. The molecular formula is C26H27N3O6S. The summed E-state index contributed by atoms with van der Waals surface area (Å²) in [4.78, 5) is 24.3. The maximum absolute atomic E-state index is 12.4. The highest BCUT2D eigenvalue weighted by atomic mass is 32.2. The van der Waals surface area contributed by atoms with Crippen LogP contribution in [0.1, 0.15) is 35.7 Å². The summed E-state index contributed by atoms with van der Waals surface area (Å²) in [6, 6.07) is 21.0. The highest BCUT2D eigenvalue weighted by Crippen LogP contribution is 2.17. The number of amides is 1. The number of hydrogen-bond donors (Lipinski definition) is 2. The minimum Gasteiger partial charge on any atom is -0.494 e. The molecule has 0 unspecified atom stereocenters. The average Bonchev–Trinajstić information content (AvgIpc) is 2.89. The number of hydrazone groups is 1. The number of unbranched alkanes of at least 4 members (excludes halogenated alkanes) is 1. The molecule has 0 heterocycles. The van der Waals surface area contributed by atoms with E-state index >= 15 is 0 Å². The summed E-state index contributed by atoms with van der Waals surface area (Å²) in [7, 11) is -3.79. The number of nitrogens with zero attached hydrogens (tertiary/aromatic N) is 1. The van der Waals surface area contributed by atoms with E-state index in [1.54, 1.807) is 66.7 Å². The highest BCUT2D eigenvalue weighted by Gasteiger charge is 2.14. The zero-order valence-corrected chi connectivity index (χ0v) is 20.5. The van der Waals surface area contributed by atoms with Gasteiger partial charge in [-0.05, 0) is 72.6 Å². The predicted molar refractivity (Wildman–Crippen MR) is 136 cm³/mol. The molecule has 2 N–H and O–H groups in total. The molecule has 0 aliphatic rings. The van der Waals surface area contributed by atoms with E-state index in [1.165, 1.54) is 18.3 Å².